The fraction of sp³-hybridized carbons (Fsp3) is 0.192. The number of nitrogens with one attached hydrogen (secondary N) is 1. The van der Waals surface area contributed by atoms with Crippen LogP contribution < -0.4 is 20.3 Å². The summed E-state index contributed by atoms with van der Waals surface area (Å²) in [7, 11) is 0. The molecule has 0 radical (unpaired) electrons. The van der Waals surface area contributed by atoms with Gasteiger partial charge in [-0.2, -0.15) is 0 Å². The van der Waals surface area contributed by atoms with Crippen molar-refractivity contribution in [1.29, 1.82) is 0 Å². The van der Waals surface area contributed by atoms with Crippen molar-refractivity contribution >= 4 is 28.6 Å². The van der Waals surface area contributed by atoms with E-state index in [4.69, 9.17) is 9.47 Å². The first kappa shape index (κ1) is 22.9. The van der Waals surface area contributed by atoms with Gasteiger partial charge in [0.25, 0.3) is 5.56 Å². The van der Waals surface area contributed by atoms with Crippen LogP contribution in [0.5, 0.6) is 11.5 Å². The van der Waals surface area contributed by atoms with Crippen molar-refractivity contribution in [3.05, 3.63) is 88.5 Å². The maximum Gasteiger partial charge on any atom is 0.266 e. The zero-order valence-corrected chi connectivity index (χ0v) is 19.7. The number of hydrogen-bond acceptors (Lipinski definition) is 6. The maximum atomic E-state index is 14.3. The highest BCUT2D eigenvalue weighted by Crippen LogP contribution is 2.30. The number of ether oxygens (including phenoxy) is 2. The maximum absolute atomic E-state index is 14.3. The molecule has 1 unspecified atom stereocenters. The van der Waals surface area contributed by atoms with Crippen molar-refractivity contribution < 1.29 is 18.7 Å². The van der Waals surface area contributed by atoms with Crippen molar-refractivity contribution in [3.8, 4) is 17.2 Å². The second kappa shape index (κ2) is 9.79. The van der Waals surface area contributed by atoms with Crippen LogP contribution >= 0.6 is 11.8 Å². The lowest BCUT2D eigenvalue weighted by Gasteiger charge is -2.26. The minimum absolute atomic E-state index is 0.0172. The highest BCUT2D eigenvalue weighted by Gasteiger charge is 2.21. The van der Waals surface area contributed by atoms with Gasteiger partial charge in [0, 0.05) is 0 Å². The molecule has 0 saturated heterocycles. The number of aromatic nitrogens is 2. The molecule has 4 aromatic rings. The van der Waals surface area contributed by atoms with Crippen LogP contribution in [-0.4, -0.2) is 40.5 Å². The quantitative estimate of drug-likeness (QED) is 0.326. The zero-order valence-electron chi connectivity index (χ0n) is 18.9. The molecule has 5 rings (SSSR count). The largest absolute Gasteiger partial charge is 0.486 e. The van der Waals surface area contributed by atoms with E-state index in [0.29, 0.717) is 45.4 Å². The lowest BCUT2D eigenvalue weighted by Crippen LogP contribution is -2.41. The van der Waals surface area contributed by atoms with E-state index in [2.05, 4.69) is 10.3 Å². The molecule has 178 valence electrons. The van der Waals surface area contributed by atoms with Gasteiger partial charge in [-0.05, 0) is 48.9 Å². The monoisotopic (exact) mass is 491 g/mol. The van der Waals surface area contributed by atoms with Crippen LogP contribution in [0.4, 0.5) is 4.39 Å². The fourth-order valence-corrected chi connectivity index (χ4v) is 4.57. The van der Waals surface area contributed by atoms with Crippen LogP contribution in [-0.2, 0) is 4.79 Å². The van der Waals surface area contributed by atoms with Crippen LogP contribution in [0.3, 0.4) is 0 Å². The topological polar surface area (TPSA) is 82.5 Å². The molecule has 1 amide bonds. The molecule has 0 saturated carbocycles. The van der Waals surface area contributed by atoms with Crippen molar-refractivity contribution in [2.45, 2.75) is 18.2 Å². The minimum Gasteiger partial charge on any atom is -0.486 e. The fourth-order valence-electron chi connectivity index (χ4n) is 3.73. The molecule has 1 atom stereocenters. The van der Waals surface area contributed by atoms with Gasteiger partial charge in [0.05, 0.1) is 28.9 Å². The number of para-hydroxylation sites is 3. The summed E-state index contributed by atoms with van der Waals surface area (Å²) < 4.78 is 27.2. The molecule has 0 bridgehead atoms. The Balaban J connectivity index is 1.32. The third kappa shape index (κ3) is 4.85. The molecule has 0 spiro atoms. The van der Waals surface area contributed by atoms with E-state index in [0.717, 1.165) is 11.8 Å². The van der Waals surface area contributed by atoms with E-state index in [9.17, 15) is 14.0 Å². The van der Waals surface area contributed by atoms with E-state index >= 15 is 0 Å². The number of thioether (sulfide) groups is 1. The minimum atomic E-state index is -0.424. The summed E-state index contributed by atoms with van der Waals surface area (Å²) in [5, 5.41) is 3.56. The SMILES string of the molecule is Cc1ccc(-n2c(SCC(=O)NCC3COc4ccccc4O3)nc3ccccc3c2=O)cc1F. The van der Waals surface area contributed by atoms with Crippen LogP contribution in [0.15, 0.2) is 76.7 Å². The Kier molecular flexibility index (Phi) is 6.41. The molecule has 35 heavy (non-hydrogen) atoms. The number of hydrogen-bond donors (Lipinski definition) is 1. The summed E-state index contributed by atoms with van der Waals surface area (Å²) in [4.78, 5) is 30.5. The van der Waals surface area contributed by atoms with Crippen LogP contribution in [0.1, 0.15) is 5.56 Å². The molecule has 1 aliphatic heterocycles. The van der Waals surface area contributed by atoms with Crippen molar-refractivity contribution in [2.24, 2.45) is 0 Å². The summed E-state index contributed by atoms with van der Waals surface area (Å²) in [6.45, 7) is 2.25. The van der Waals surface area contributed by atoms with E-state index < -0.39 is 5.82 Å². The van der Waals surface area contributed by atoms with E-state index in [1.54, 1.807) is 43.3 Å². The van der Waals surface area contributed by atoms with Crippen LogP contribution in [0.25, 0.3) is 16.6 Å². The number of benzene rings is 3. The van der Waals surface area contributed by atoms with Gasteiger partial charge in [0.1, 0.15) is 18.5 Å². The summed E-state index contributed by atoms with van der Waals surface area (Å²) >= 11 is 1.11. The number of nitrogens with zero attached hydrogens (tertiary/aromatic N) is 2. The smallest absolute Gasteiger partial charge is 0.266 e. The highest BCUT2D eigenvalue weighted by atomic mass is 32.2. The average molecular weight is 492 g/mol. The molecule has 1 aliphatic rings. The summed E-state index contributed by atoms with van der Waals surface area (Å²) in [5.74, 6) is 0.665. The Bertz CT molecular complexity index is 1470. The first-order valence-electron chi connectivity index (χ1n) is 11.1. The lowest BCUT2D eigenvalue weighted by atomic mass is 10.2. The molecule has 0 aliphatic carbocycles. The number of aryl methyl sites for hydroxylation is 1. The van der Waals surface area contributed by atoms with Gasteiger partial charge in [-0.3, -0.25) is 14.2 Å². The van der Waals surface area contributed by atoms with Crippen molar-refractivity contribution in [3.63, 3.8) is 0 Å². The first-order chi connectivity index (χ1) is 17.0. The lowest BCUT2D eigenvalue weighted by molar-refractivity contribution is -0.119. The predicted molar refractivity (Wildman–Crippen MR) is 132 cm³/mol. The Labute approximate surface area is 204 Å². The van der Waals surface area contributed by atoms with E-state index in [1.807, 2.05) is 24.3 Å². The number of carbonyl (C=O) groups excluding carboxylic acids is 1. The second-order valence-electron chi connectivity index (χ2n) is 8.08. The molecule has 1 aromatic heterocycles. The van der Waals surface area contributed by atoms with E-state index in [-0.39, 0.29) is 29.9 Å². The second-order valence-corrected chi connectivity index (χ2v) is 9.02. The Morgan fingerprint density at radius 2 is 1.91 bits per heavy atom. The molecular formula is C26H22FN3O4S. The molecular weight excluding hydrogens is 469 g/mol. The zero-order chi connectivity index (χ0) is 24.4. The number of carbonyl (C=O) groups is 1. The molecule has 3 aromatic carbocycles. The Hall–Kier alpha value is -3.85. The van der Waals surface area contributed by atoms with Gasteiger partial charge >= 0.3 is 0 Å². The van der Waals surface area contributed by atoms with Crippen molar-refractivity contribution in [1.82, 2.24) is 14.9 Å². The van der Waals surface area contributed by atoms with Crippen LogP contribution in [0.2, 0.25) is 0 Å². The van der Waals surface area contributed by atoms with Crippen molar-refractivity contribution in [2.75, 3.05) is 18.9 Å². The normalized spacial score (nSPS) is 14.6. The van der Waals surface area contributed by atoms with Gasteiger partial charge in [0.15, 0.2) is 16.7 Å². The molecule has 9 heteroatoms. The summed E-state index contributed by atoms with van der Waals surface area (Å²) in [5.41, 5.74) is 1.01. The number of fused-ring (bicyclic) bond motifs is 2. The predicted octanol–water partition coefficient (Wildman–Crippen LogP) is 3.88. The van der Waals surface area contributed by atoms with Gasteiger partial charge in [-0.15, -0.1) is 0 Å². The van der Waals surface area contributed by atoms with Crippen LogP contribution in [0, 0.1) is 12.7 Å². The number of rotatable bonds is 6. The number of amides is 1. The third-order valence-electron chi connectivity index (χ3n) is 5.59. The standard InChI is InChI=1S/C26H22FN3O4S/c1-16-10-11-17(12-20(16)27)30-25(32)19-6-2-3-7-21(19)29-26(30)35-15-24(31)28-13-18-14-33-22-8-4-5-9-23(22)34-18/h2-12,18H,13-15H2,1H3,(H,28,31). The van der Waals surface area contributed by atoms with Gasteiger partial charge in [-0.1, -0.05) is 42.1 Å². The average Bonchev–Trinajstić information content (AvgIpc) is 2.88. The Morgan fingerprint density at radius 3 is 2.74 bits per heavy atom. The first-order valence-corrected chi connectivity index (χ1v) is 12.0. The number of halogens is 1. The van der Waals surface area contributed by atoms with Gasteiger partial charge in [0.2, 0.25) is 5.91 Å². The Morgan fingerprint density at radius 1 is 1.14 bits per heavy atom. The highest BCUT2D eigenvalue weighted by molar-refractivity contribution is 7.99. The third-order valence-corrected chi connectivity index (χ3v) is 6.52. The van der Waals surface area contributed by atoms with Gasteiger partial charge in [-0.25, -0.2) is 9.37 Å². The molecule has 7 nitrogen and oxygen atoms in total. The molecule has 0 fully saturated rings. The van der Waals surface area contributed by atoms with Gasteiger partial charge < -0.3 is 14.8 Å². The molecule has 2 heterocycles. The summed E-state index contributed by atoms with van der Waals surface area (Å²) in [6.07, 6.45) is -0.314. The molecule has 1 N–H and O–H groups in total. The van der Waals surface area contributed by atoms with E-state index in [1.165, 1.54) is 10.6 Å². The summed E-state index contributed by atoms with van der Waals surface area (Å²) in [6, 6.07) is 18.9.